The molecule has 9 heteroatoms. The third kappa shape index (κ3) is 3.07. The second-order valence-electron chi connectivity index (χ2n) is 4.31. The summed E-state index contributed by atoms with van der Waals surface area (Å²) in [4.78, 5) is 27.1. The lowest BCUT2D eigenvalue weighted by molar-refractivity contribution is -0.118. The van der Waals surface area contributed by atoms with E-state index in [-0.39, 0.29) is 25.3 Å². The number of nitrogens with two attached hydrogens (primary N) is 1. The average molecular weight is 292 g/mol. The van der Waals surface area contributed by atoms with E-state index in [0.717, 1.165) is 0 Å². The van der Waals surface area contributed by atoms with Crippen LogP contribution in [-0.4, -0.2) is 43.0 Å². The molecule has 0 radical (unpaired) electrons. The highest BCUT2D eigenvalue weighted by atomic mass is 16.5. The highest BCUT2D eigenvalue weighted by Crippen LogP contribution is 2.21. The van der Waals surface area contributed by atoms with Crippen LogP contribution in [0.3, 0.4) is 0 Å². The maximum atomic E-state index is 12.0. The van der Waals surface area contributed by atoms with Crippen LogP contribution in [0.4, 0.5) is 0 Å². The Morgan fingerprint density at radius 2 is 2.19 bits per heavy atom. The zero-order chi connectivity index (χ0) is 15.4. The largest absolute Gasteiger partial charge is 0.461 e. The first kappa shape index (κ1) is 14.7. The summed E-state index contributed by atoms with van der Waals surface area (Å²) in [7, 11) is 1.78. The number of aromatic nitrogens is 5. The molecule has 1 amide bonds. The number of ether oxygens (including phenoxy) is 1. The molecule has 21 heavy (non-hydrogen) atoms. The fourth-order valence-corrected chi connectivity index (χ4v) is 1.84. The van der Waals surface area contributed by atoms with E-state index in [4.69, 9.17) is 10.5 Å². The standard InChI is InChI=1S/C12H16N6O3/c1-3-21-12(20)9-10(11-14-5-7-17(11)2)18(16-15-9)6-4-8(13)19/h5,7H,3-4,6H2,1-2H3,(H2,13,19). The fourth-order valence-electron chi connectivity index (χ4n) is 1.84. The molecule has 0 aromatic carbocycles. The minimum absolute atomic E-state index is 0.0654. The van der Waals surface area contributed by atoms with E-state index in [0.29, 0.717) is 11.5 Å². The predicted molar refractivity (Wildman–Crippen MR) is 72.0 cm³/mol. The van der Waals surface area contributed by atoms with Crippen LogP contribution in [0.5, 0.6) is 0 Å². The zero-order valence-electron chi connectivity index (χ0n) is 11.8. The summed E-state index contributed by atoms with van der Waals surface area (Å²) >= 11 is 0. The molecule has 0 atom stereocenters. The lowest BCUT2D eigenvalue weighted by Crippen LogP contribution is -2.16. The summed E-state index contributed by atoms with van der Waals surface area (Å²) in [6, 6.07) is 0. The third-order valence-corrected chi connectivity index (χ3v) is 2.81. The molecule has 0 spiro atoms. The fraction of sp³-hybridized carbons (Fsp3) is 0.417. The molecule has 0 bridgehead atoms. The number of hydrogen-bond donors (Lipinski definition) is 1. The van der Waals surface area contributed by atoms with E-state index in [1.54, 1.807) is 30.9 Å². The van der Waals surface area contributed by atoms with Crippen LogP contribution >= 0.6 is 0 Å². The molecule has 112 valence electrons. The van der Waals surface area contributed by atoms with Crippen LogP contribution in [0.1, 0.15) is 23.8 Å². The molecular weight excluding hydrogens is 276 g/mol. The first-order chi connectivity index (χ1) is 10.0. The van der Waals surface area contributed by atoms with Gasteiger partial charge in [-0.2, -0.15) is 0 Å². The molecule has 2 aromatic rings. The van der Waals surface area contributed by atoms with Gasteiger partial charge in [-0.1, -0.05) is 5.21 Å². The van der Waals surface area contributed by atoms with Gasteiger partial charge in [-0.15, -0.1) is 5.10 Å². The van der Waals surface area contributed by atoms with Gasteiger partial charge in [-0.05, 0) is 6.92 Å². The molecule has 0 aliphatic carbocycles. The van der Waals surface area contributed by atoms with Gasteiger partial charge in [0.25, 0.3) is 0 Å². The monoisotopic (exact) mass is 292 g/mol. The number of rotatable bonds is 6. The lowest BCUT2D eigenvalue weighted by Gasteiger charge is -2.07. The Labute approximate surface area is 120 Å². The van der Waals surface area contributed by atoms with Crippen molar-refractivity contribution < 1.29 is 14.3 Å². The summed E-state index contributed by atoms with van der Waals surface area (Å²) < 4.78 is 8.12. The molecule has 2 aromatic heterocycles. The molecular formula is C12H16N6O3. The number of carbonyl (C=O) groups is 2. The topological polar surface area (TPSA) is 118 Å². The van der Waals surface area contributed by atoms with Gasteiger partial charge >= 0.3 is 5.97 Å². The van der Waals surface area contributed by atoms with Crippen molar-refractivity contribution in [1.82, 2.24) is 24.5 Å². The number of esters is 1. The van der Waals surface area contributed by atoms with E-state index in [2.05, 4.69) is 15.3 Å². The molecule has 0 unspecified atom stereocenters. The Morgan fingerprint density at radius 3 is 2.76 bits per heavy atom. The summed E-state index contributed by atoms with van der Waals surface area (Å²) in [5.41, 5.74) is 5.61. The van der Waals surface area contributed by atoms with Crippen LogP contribution in [0, 0.1) is 0 Å². The van der Waals surface area contributed by atoms with E-state index in [9.17, 15) is 9.59 Å². The SMILES string of the molecule is CCOC(=O)c1nnn(CCC(N)=O)c1-c1nccn1C. The number of primary amides is 1. The molecule has 0 aliphatic rings. The molecule has 0 aliphatic heterocycles. The van der Waals surface area contributed by atoms with Gasteiger partial charge in [-0.25, -0.2) is 14.5 Å². The van der Waals surface area contributed by atoms with Gasteiger partial charge in [0.15, 0.2) is 5.82 Å². The van der Waals surface area contributed by atoms with Gasteiger partial charge in [0.05, 0.1) is 13.2 Å². The Hall–Kier alpha value is -2.71. The third-order valence-electron chi connectivity index (χ3n) is 2.81. The van der Waals surface area contributed by atoms with Crippen molar-refractivity contribution in [1.29, 1.82) is 0 Å². The van der Waals surface area contributed by atoms with E-state index in [1.807, 2.05) is 0 Å². The Balaban J connectivity index is 2.45. The van der Waals surface area contributed by atoms with E-state index >= 15 is 0 Å². The van der Waals surface area contributed by atoms with Crippen molar-refractivity contribution in [3.8, 4) is 11.5 Å². The summed E-state index contributed by atoms with van der Waals surface area (Å²) in [6.07, 6.45) is 3.41. The second kappa shape index (κ2) is 6.16. The second-order valence-corrected chi connectivity index (χ2v) is 4.31. The molecule has 2 N–H and O–H groups in total. The van der Waals surface area contributed by atoms with Crippen LogP contribution < -0.4 is 5.73 Å². The first-order valence-electron chi connectivity index (χ1n) is 6.41. The maximum absolute atomic E-state index is 12.0. The zero-order valence-corrected chi connectivity index (χ0v) is 11.8. The highest BCUT2D eigenvalue weighted by molar-refractivity contribution is 5.93. The Kier molecular flexibility index (Phi) is 4.31. The van der Waals surface area contributed by atoms with Crippen molar-refractivity contribution in [3.05, 3.63) is 18.1 Å². The van der Waals surface area contributed by atoms with Gasteiger partial charge < -0.3 is 15.0 Å². The molecule has 0 fully saturated rings. The lowest BCUT2D eigenvalue weighted by atomic mass is 10.3. The molecule has 2 rings (SSSR count). The maximum Gasteiger partial charge on any atom is 0.361 e. The first-order valence-corrected chi connectivity index (χ1v) is 6.41. The van der Waals surface area contributed by atoms with E-state index in [1.165, 1.54) is 4.68 Å². The molecule has 0 saturated carbocycles. The van der Waals surface area contributed by atoms with Crippen molar-refractivity contribution in [2.75, 3.05) is 6.61 Å². The van der Waals surface area contributed by atoms with Gasteiger partial charge in [0.2, 0.25) is 11.6 Å². The number of nitrogens with zero attached hydrogens (tertiary/aromatic N) is 5. The smallest absolute Gasteiger partial charge is 0.361 e. The number of imidazole rings is 1. The van der Waals surface area contributed by atoms with Gasteiger partial charge in [0.1, 0.15) is 5.69 Å². The van der Waals surface area contributed by atoms with Crippen molar-refractivity contribution in [2.24, 2.45) is 12.8 Å². The Bertz CT molecular complexity index is 660. The van der Waals surface area contributed by atoms with Crippen molar-refractivity contribution in [3.63, 3.8) is 0 Å². The van der Waals surface area contributed by atoms with Crippen molar-refractivity contribution >= 4 is 11.9 Å². The normalized spacial score (nSPS) is 10.6. The number of aryl methyl sites for hydroxylation is 2. The van der Waals surface area contributed by atoms with Crippen LogP contribution in [0.2, 0.25) is 0 Å². The van der Waals surface area contributed by atoms with Gasteiger partial charge in [0, 0.05) is 25.9 Å². The number of hydrogen-bond acceptors (Lipinski definition) is 6. The minimum Gasteiger partial charge on any atom is -0.461 e. The number of amides is 1. The highest BCUT2D eigenvalue weighted by Gasteiger charge is 2.24. The minimum atomic E-state index is -0.583. The van der Waals surface area contributed by atoms with Crippen LogP contribution in [0.25, 0.3) is 11.5 Å². The summed E-state index contributed by atoms with van der Waals surface area (Å²) in [6.45, 7) is 2.15. The molecule has 2 heterocycles. The predicted octanol–water partition coefficient (Wildman–Crippen LogP) is -0.269. The number of carbonyl (C=O) groups excluding carboxylic acids is 2. The summed E-state index contributed by atoms with van der Waals surface area (Å²) in [5.74, 6) is -0.540. The van der Waals surface area contributed by atoms with E-state index < -0.39 is 11.9 Å². The van der Waals surface area contributed by atoms with Crippen LogP contribution in [-0.2, 0) is 23.1 Å². The molecule has 9 nitrogen and oxygen atoms in total. The Morgan fingerprint density at radius 1 is 1.43 bits per heavy atom. The average Bonchev–Trinajstić information content (AvgIpc) is 3.02. The molecule has 0 saturated heterocycles. The quantitative estimate of drug-likeness (QED) is 0.732. The van der Waals surface area contributed by atoms with Gasteiger partial charge in [-0.3, -0.25) is 4.79 Å². The van der Waals surface area contributed by atoms with Crippen molar-refractivity contribution in [2.45, 2.75) is 19.9 Å². The summed E-state index contributed by atoms with van der Waals surface area (Å²) in [5, 5.41) is 7.74. The van der Waals surface area contributed by atoms with Crippen LogP contribution in [0.15, 0.2) is 12.4 Å².